The monoisotopic (exact) mass is 266 g/mol. The SMILES string of the molecule is CC1(C)CNCCC1NC(=O)c1cccc(Cl)c1. The molecule has 1 aliphatic rings. The Labute approximate surface area is 113 Å². The van der Waals surface area contributed by atoms with Crippen LogP contribution in [-0.2, 0) is 0 Å². The van der Waals surface area contributed by atoms with Crippen LogP contribution in [0.3, 0.4) is 0 Å². The van der Waals surface area contributed by atoms with E-state index in [0.717, 1.165) is 19.5 Å². The van der Waals surface area contributed by atoms with Crippen molar-refractivity contribution in [1.82, 2.24) is 10.6 Å². The summed E-state index contributed by atoms with van der Waals surface area (Å²) < 4.78 is 0. The second-order valence-electron chi connectivity index (χ2n) is 5.49. The third-order valence-corrected chi connectivity index (χ3v) is 3.76. The topological polar surface area (TPSA) is 41.1 Å². The standard InChI is InChI=1S/C14H19ClN2O/c1-14(2)9-16-7-6-12(14)17-13(18)10-4-3-5-11(15)8-10/h3-5,8,12,16H,6-7,9H2,1-2H3,(H,17,18). The third kappa shape index (κ3) is 3.03. The molecule has 1 aromatic rings. The zero-order chi connectivity index (χ0) is 13.2. The van der Waals surface area contributed by atoms with Crippen molar-refractivity contribution in [2.45, 2.75) is 26.3 Å². The van der Waals surface area contributed by atoms with E-state index in [9.17, 15) is 4.79 Å². The molecule has 1 unspecified atom stereocenters. The Balaban J connectivity index is 2.07. The van der Waals surface area contributed by atoms with Gasteiger partial charge in [-0.05, 0) is 36.6 Å². The van der Waals surface area contributed by atoms with Gasteiger partial charge in [-0.15, -0.1) is 0 Å². The van der Waals surface area contributed by atoms with Gasteiger partial charge in [0.15, 0.2) is 0 Å². The first-order valence-corrected chi connectivity index (χ1v) is 6.64. The van der Waals surface area contributed by atoms with Gasteiger partial charge in [0.1, 0.15) is 0 Å². The number of benzene rings is 1. The Kier molecular flexibility index (Phi) is 3.93. The first kappa shape index (κ1) is 13.4. The molecule has 18 heavy (non-hydrogen) atoms. The molecule has 3 nitrogen and oxygen atoms in total. The van der Waals surface area contributed by atoms with Crippen molar-refractivity contribution in [2.24, 2.45) is 5.41 Å². The summed E-state index contributed by atoms with van der Waals surface area (Å²) >= 11 is 5.90. The lowest BCUT2D eigenvalue weighted by molar-refractivity contribution is 0.0868. The van der Waals surface area contributed by atoms with E-state index in [0.29, 0.717) is 10.6 Å². The summed E-state index contributed by atoms with van der Waals surface area (Å²) in [6.07, 6.45) is 0.958. The van der Waals surface area contributed by atoms with Gasteiger partial charge in [-0.3, -0.25) is 4.79 Å². The van der Waals surface area contributed by atoms with Crippen molar-refractivity contribution in [3.05, 3.63) is 34.9 Å². The molecule has 0 saturated carbocycles. The van der Waals surface area contributed by atoms with Crippen LogP contribution in [0.1, 0.15) is 30.6 Å². The van der Waals surface area contributed by atoms with Crippen LogP contribution in [0.15, 0.2) is 24.3 Å². The van der Waals surface area contributed by atoms with Crippen molar-refractivity contribution >= 4 is 17.5 Å². The van der Waals surface area contributed by atoms with Gasteiger partial charge in [-0.25, -0.2) is 0 Å². The highest BCUT2D eigenvalue weighted by molar-refractivity contribution is 6.30. The Morgan fingerprint density at radius 3 is 2.94 bits per heavy atom. The number of hydrogen-bond acceptors (Lipinski definition) is 2. The minimum Gasteiger partial charge on any atom is -0.349 e. The van der Waals surface area contributed by atoms with Crippen LogP contribution in [0.4, 0.5) is 0 Å². The number of carbonyl (C=O) groups excluding carboxylic acids is 1. The average molecular weight is 267 g/mol. The van der Waals surface area contributed by atoms with Gasteiger partial charge in [0.05, 0.1) is 0 Å². The summed E-state index contributed by atoms with van der Waals surface area (Å²) in [6, 6.07) is 7.25. The van der Waals surface area contributed by atoms with Gasteiger partial charge in [0.25, 0.3) is 5.91 Å². The van der Waals surface area contributed by atoms with Crippen molar-refractivity contribution in [3.8, 4) is 0 Å². The minimum atomic E-state index is -0.0440. The van der Waals surface area contributed by atoms with Gasteiger partial charge < -0.3 is 10.6 Å². The fourth-order valence-corrected chi connectivity index (χ4v) is 2.50. The number of nitrogens with one attached hydrogen (secondary N) is 2. The Bertz CT molecular complexity index is 445. The molecule has 1 heterocycles. The minimum absolute atomic E-state index is 0.0440. The molecule has 0 spiro atoms. The highest BCUT2D eigenvalue weighted by Gasteiger charge is 2.33. The van der Waals surface area contributed by atoms with E-state index < -0.39 is 0 Å². The summed E-state index contributed by atoms with van der Waals surface area (Å²) in [6.45, 7) is 6.21. The Morgan fingerprint density at radius 1 is 1.50 bits per heavy atom. The quantitative estimate of drug-likeness (QED) is 0.863. The molecule has 1 atom stereocenters. The third-order valence-electron chi connectivity index (χ3n) is 3.53. The summed E-state index contributed by atoms with van der Waals surface area (Å²) in [5.74, 6) is -0.0440. The van der Waals surface area contributed by atoms with Gasteiger partial charge in [0.2, 0.25) is 0 Å². The van der Waals surface area contributed by atoms with Gasteiger partial charge >= 0.3 is 0 Å². The van der Waals surface area contributed by atoms with E-state index in [1.807, 2.05) is 0 Å². The molecular weight excluding hydrogens is 248 g/mol. The van der Waals surface area contributed by atoms with E-state index >= 15 is 0 Å². The lowest BCUT2D eigenvalue weighted by atomic mass is 9.80. The number of carbonyl (C=O) groups is 1. The van der Waals surface area contributed by atoms with Gasteiger partial charge in [0, 0.05) is 23.2 Å². The molecule has 1 fully saturated rings. The predicted molar refractivity (Wildman–Crippen MR) is 74.0 cm³/mol. The van der Waals surface area contributed by atoms with Crippen LogP contribution in [-0.4, -0.2) is 25.0 Å². The first-order valence-electron chi connectivity index (χ1n) is 6.26. The molecule has 1 aliphatic heterocycles. The van der Waals surface area contributed by atoms with Crippen LogP contribution >= 0.6 is 11.6 Å². The van der Waals surface area contributed by atoms with Crippen molar-refractivity contribution in [1.29, 1.82) is 0 Å². The molecule has 98 valence electrons. The lowest BCUT2D eigenvalue weighted by Gasteiger charge is -2.39. The zero-order valence-electron chi connectivity index (χ0n) is 10.8. The summed E-state index contributed by atoms with van der Waals surface area (Å²) in [7, 11) is 0. The van der Waals surface area contributed by atoms with Crippen LogP contribution < -0.4 is 10.6 Å². The average Bonchev–Trinajstić information content (AvgIpc) is 2.31. The molecule has 0 radical (unpaired) electrons. The number of rotatable bonds is 2. The Morgan fingerprint density at radius 2 is 2.28 bits per heavy atom. The predicted octanol–water partition coefficient (Wildman–Crippen LogP) is 2.46. The van der Waals surface area contributed by atoms with Gasteiger partial charge in [-0.2, -0.15) is 0 Å². The number of piperidine rings is 1. The molecule has 2 N–H and O–H groups in total. The molecule has 1 amide bonds. The molecule has 1 saturated heterocycles. The molecule has 2 rings (SSSR count). The first-order chi connectivity index (χ1) is 8.49. The zero-order valence-corrected chi connectivity index (χ0v) is 11.6. The van der Waals surface area contributed by atoms with Crippen LogP contribution in [0.2, 0.25) is 5.02 Å². The highest BCUT2D eigenvalue weighted by Crippen LogP contribution is 2.25. The molecule has 0 aliphatic carbocycles. The number of hydrogen-bond donors (Lipinski definition) is 2. The largest absolute Gasteiger partial charge is 0.349 e. The molecular formula is C14H19ClN2O. The van der Waals surface area contributed by atoms with E-state index in [2.05, 4.69) is 24.5 Å². The second kappa shape index (κ2) is 5.29. The molecule has 0 bridgehead atoms. The maximum absolute atomic E-state index is 12.2. The highest BCUT2D eigenvalue weighted by atomic mass is 35.5. The lowest BCUT2D eigenvalue weighted by Crippen LogP contribution is -2.54. The summed E-state index contributed by atoms with van der Waals surface area (Å²) in [5.41, 5.74) is 0.698. The van der Waals surface area contributed by atoms with Crippen LogP contribution in [0, 0.1) is 5.41 Å². The summed E-state index contributed by atoms with van der Waals surface area (Å²) in [4.78, 5) is 12.2. The van der Waals surface area contributed by atoms with E-state index in [1.54, 1.807) is 24.3 Å². The smallest absolute Gasteiger partial charge is 0.251 e. The maximum atomic E-state index is 12.2. The molecule has 0 aromatic heterocycles. The van der Waals surface area contributed by atoms with E-state index in [-0.39, 0.29) is 17.4 Å². The van der Waals surface area contributed by atoms with E-state index in [1.165, 1.54) is 0 Å². The number of amides is 1. The molecule has 1 aromatic carbocycles. The van der Waals surface area contributed by atoms with Crippen molar-refractivity contribution in [2.75, 3.05) is 13.1 Å². The fourth-order valence-electron chi connectivity index (χ4n) is 2.31. The fraction of sp³-hybridized carbons (Fsp3) is 0.500. The van der Waals surface area contributed by atoms with Gasteiger partial charge in [-0.1, -0.05) is 31.5 Å². The van der Waals surface area contributed by atoms with Crippen LogP contribution in [0.25, 0.3) is 0 Å². The second-order valence-corrected chi connectivity index (χ2v) is 5.93. The normalized spacial score (nSPS) is 22.5. The molecule has 4 heteroatoms. The number of halogens is 1. The van der Waals surface area contributed by atoms with E-state index in [4.69, 9.17) is 11.6 Å². The Hall–Kier alpha value is -1.06. The maximum Gasteiger partial charge on any atom is 0.251 e. The van der Waals surface area contributed by atoms with Crippen LogP contribution in [0.5, 0.6) is 0 Å². The summed E-state index contributed by atoms with van der Waals surface area (Å²) in [5, 5.41) is 7.06. The van der Waals surface area contributed by atoms with Crippen molar-refractivity contribution < 1.29 is 4.79 Å². The van der Waals surface area contributed by atoms with Crippen molar-refractivity contribution in [3.63, 3.8) is 0 Å².